The lowest BCUT2D eigenvalue weighted by atomic mass is 10.0. The molecule has 1 N–H and O–H groups in total. The smallest absolute Gasteiger partial charge is 0.240 e. The molecule has 0 aromatic carbocycles. The van der Waals surface area contributed by atoms with Crippen LogP contribution in [0.15, 0.2) is 0 Å². The molecule has 0 radical (unpaired) electrons. The molecule has 0 bridgehead atoms. The van der Waals surface area contributed by atoms with E-state index in [0.29, 0.717) is 30.7 Å². The molecule has 2 aliphatic rings. The second-order valence-electron chi connectivity index (χ2n) is 6.18. The van der Waals surface area contributed by atoms with Crippen molar-refractivity contribution in [2.24, 2.45) is 0 Å². The number of piperidine rings is 1. The molecule has 3 heterocycles. The fourth-order valence-electron chi connectivity index (χ4n) is 3.29. The Kier molecular flexibility index (Phi) is 5.75. The van der Waals surface area contributed by atoms with Crippen LogP contribution in [0.2, 0.25) is 0 Å². The van der Waals surface area contributed by atoms with Crippen molar-refractivity contribution >= 4 is 28.3 Å². The Morgan fingerprint density at radius 3 is 2.79 bits per heavy atom. The normalized spacial score (nSPS) is 19.9. The summed E-state index contributed by atoms with van der Waals surface area (Å²) in [6.07, 6.45) is 3.55. The van der Waals surface area contributed by atoms with Crippen molar-refractivity contribution in [3.05, 3.63) is 5.01 Å². The highest BCUT2D eigenvalue weighted by atomic mass is 32.1. The molecule has 1 aromatic rings. The zero-order valence-corrected chi connectivity index (χ0v) is 14.7. The van der Waals surface area contributed by atoms with Gasteiger partial charge >= 0.3 is 0 Å². The zero-order chi connectivity index (χ0) is 16.9. The Labute approximate surface area is 145 Å². The van der Waals surface area contributed by atoms with Gasteiger partial charge in [-0.25, -0.2) is 0 Å². The highest BCUT2D eigenvalue weighted by Crippen LogP contribution is 2.22. The molecule has 1 aromatic heterocycles. The van der Waals surface area contributed by atoms with Gasteiger partial charge in [0.05, 0.1) is 6.54 Å². The number of amides is 2. The summed E-state index contributed by atoms with van der Waals surface area (Å²) in [5, 5.41) is 11.9. The molecule has 24 heavy (non-hydrogen) atoms. The van der Waals surface area contributed by atoms with E-state index in [-0.39, 0.29) is 11.8 Å². The van der Waals surface area contributed by atoms with E-state index in [1.165, 1.54) is 11.3 Å². The van der Waals surface area contributed by atoms with Gasteiger partial charge in [0.1, 0.15) is 11.6 Å². The van der Waals surface area contributed by atoms with Gasteiger partial charge in [-0.2, -0.15) is 0 Å². The topological polar surface area (TPSA) is 87.7 Å². The first-order valence-electron chi connectivity index (χ1n) is 8.28. The molecule has 2 saturated heterocycles. The van der Waals surface area contributed by atoms with Crippen LogP contribution in [0.1, 0.15) is 30.7 Å². The lowest BCUT2D eigenvalue weighted by molar-refractivity contribution is -0.130. The fraction of sp³-hybridized carbons (Fsp3) is 0.733. The number of hydrogen-bond donors (Lipinski definition) is 1. The third kappa shape index (κ3) is 4.28. The van der Waals surface area contributed by atoms with E-state index in [1.54, 1.807) is 7.11 Å². The van der Waals surface area contributed by atoms with E-state index in [0.717, 1.165) is 43.9 Å². The lowest BCUT2D eigenvalue weighted by Crippen LogP contribution is -2.47. The van der Waals surface area contributed by atoms with Crippen LogP contribution in [0.3, 0.4) is 0 Å². The molecule has 2 aliphatic heterocycles. The third-order valence-corrected chi connectivity index (χ3v) is 5.27. The number of ether oxygens (including phenoxy) is 1. The summed E-state index contributed by atoms with van der Waals surface area (Å²) in [6.45, 7) is 3.32. The SMILES string of the molecule is COCc1nnc(NC(=O)CN2CCC(N3CCCC3=O)CC2)s1. The summed E-state index contributed by atoms with van der Waals surface area (Å²) in [5.41, 5.74) is 0. The number of methoxy groups -OCH3 is 1. The first-order chi connectivity index (χ1) is 11.7. The quantitative estimate of drug-likeness (QED) is 0.810. The second-order valence-corrected chi connectivity index (χ2v) is 7.24. The number of aromatic nitrogens is 2. The van der Waals surface area contributed by atoms with Crippen LogP contribution >= 0.6 is 11.3 Å². The summed E-state index contributed by atoms with van der Waals surface area (Å²) >= 11 is 1.32. The van der Waals surface area contributed by atoms with E-state index in [1.807, 2.05) is 4.90 Å². The predicted molar refractivity (Wildman–Crippen MR) is 89.7 cm³/mol. The van der Waals surface area contributed by atoms with Crippen molar-refractivity contribution in [3.63, 3.8) is 0 Å². The molecule has 3 rings (SSSR count). The summed E-state index contributed by atoms with van der Waals surface area (Å²) in [7, 11) is 1.60. The van der Waals surface area contributed by atoms with Gasteiger partial charge in [-0.1, -0.05) is 11.3 Å². The van der Waals surface area contributed by atoms with Crippen LogP contribution < -0.4 is 5.32 Å². The van der Waals surface area contributed by atoms with Crippen molar-refractivity contribution < 1.29 is 14.3 Å². The van der Waals surface area contributed by atoms with Gasteiger partial charge in [0.2, 0.25) is 16.9 Å². The maximum Gasteiger partial charge on any atom is 0.240 e. The molecule has 2 fully saturated rings. The summed E-state index contributed by atoms with van der Waals surface area (Å²) in [4.78, 5) is 28.1. The first-order valence-corrected chi connectivity index (χ1v) is 9.10. The summed E-state index contributed by atoms with van der Waals surface area (Å²) in [6, 6.07) is 0.346. The van der Waals surface area contributed by atoms with E-state index >= 15 is 0 Å². The summed E-state index contributed by atoms with van der Waals surface area (Å²) < 4.78 is 4.99. The van der Waals surface area contributed by atoms with Crippen molar-refractivity contribution in [2.45, 2.75) is 38.3 Å². The fourth-order valence-corrected chi connectivity index (χ4v) is 4.02. The van der Waals surface area contributed by atoms with E-state index < -0.39 is 0 Å². The highest BCUT2D eigenvalue weighted by molar-refractivity contribution is 7.15. The number of nitrogens with one attached hydrogen (secondary N) is 1. The van der Waals surface area contributed by atoms with Gasteiger partial charge < -0.3 is 9.64 Å². The third-order valence-electron chi connectivity index (χ3n) is 4.46. The first kappa shape index (κ1) is 17.2. The standard InChI is InChI=1S/C15H23N5O3S/c1-23-10-13-17-18-15(24-13)16-12(21)9-19-7-4-11(5-8-19)20-6-2-3-14(20)22/h11H,2-10H2,1H3,(H,16,18,21). The molecule has 0 atom stereocenters. The van der Waals surface area contributed by atoms with E-state index in [4.69, 9.17) is 4.74 Å². The van der Waals surface area contributed by atoms with Crippen molar-refractivity contribution in [1.29, 1.82) is 0 Å². The molecule has 0 saturated carbocycles. The Bertz CT molecular complexity index is 585. The number of anilines is 1. The van der Waals surface area contributed by atoms with Gasteiger partial charge in [-0.05, 0) is 19.3 Å². The van der Waals surface area contributed by atoms with Crippen molar-refractivity contribution in [2.75, 3.05) is 38.6 Å². The molecule has 8 nitrogen and oxygen atoms in total. The predicted octanol–water partition coefficient (Wildman–Crippen LogP) is 0.710. The maximum absolute atomic E-state index is 12.1. The molecule has 9 heteroatoms. The van der Waals surface area contributed by atoms with Gasteiger partial charge in [0.15, 0.2) is 0 Å². The second kappa shape index (κ2) is 8.00. The minimum atomic E-state index is -0.0779. The molecular weight excluding hydrogens is 330 g/mol. The lowest BCUT2D eigenvalue weighted by Gasteiger charge is -2.36. The number of carbonyl (C=O) groups excluding carboxylic acids is 2. The number of likely N-dealkylation sites (tertiary alicyclic amines) is 2. The average molecular weight is 353 g/mol. The van der Waals surface area contributed by atoms with Crippen LogP contribution in [0.5, 0.6) is 0 Å². The Balaban J connectivity index is 1.42. The molecule has 0 unspecified atom stereocenters. The number of nitrogens with zero attached hydrogens (tertiary/aromatic N) is 4. The van der Waals surface area contributed by atoms with Crippen molar-refractivity contribution in [3.8, 4) is 0 Å². The minimum absolute atomic E-state index is 0.0779. The molecular formula is C15H23N5O3S. The van der Waals surface area contributed by atoms with Gasteiger partial charge in [-0.3, -0.25) is 19.8 Å². The highest BCUT2D eigenvalue weighted by Gasteiger charge is 2.31. The minimum Gasteiger partial charge on any atom is -0.377 e. The zero-order valence-electron chi connectivity index (χ0n) is 13.9. The monoisotopic (exact) mass is 353 g/mol. The van der Waals surface area contributed by atoms with Crippen LogP contribution in [-0.4, -0.2) is 71.1 Å². The van der Waals surface area contributed by atoms with Crippen LogP contribution in [-0.2, 0) is 20.9 Å². The molecule has 132 valence electrons. The van der Waals surface area contributed by atoms with Crippen molar-refractivity contribution in [1.82, 2.24) is 20.0 Å². The molecule has 2 amide bonds. The Hall–Kier alpha value is -1.58. The Morgan fingerprint density at radius 1 is 1.33 bits per heavy atom. The van der Waals surface area contributed by atoms with E-state index in [2.05, 4.69) is 20.4 Å². The summed E-state index contributed by atoms with van der Waals surface area (Å²) in [5.74, 6) is 0.208. The molecule has 0 aliphatic carbocycles. The van der Waals surface area contributed by atoms with Crippen LogP contribution in [0, 0.1) is 0 Å². The largest absolute Gasteiger partial charge is 0.377 e. The number of hydrogen-bond acceptors (Lipinski definition) is 7. The number of rotatable bonds is 6. The van der Waals surface area contributed by atoms with Gasteiger partial charge in [0.25, 0.3) is 0 Å². The van der Waals surface area contributed by atoms with E-state index in [9.17, 15) is 9.59 Å². The average Bonchev–Trinajstić information content (AvgIpc) is 3.18. The van der Waals surface area contributed by atoms with Crippen LogP contribution in [0.25, 0.3) is 0 Å². The van der Waals surface area contributed by atoms with Crippen LogP contribution in [0.4, 0.5) is 5.13 Å². The molecule has 0 spiro atoms. The maximum atomic E-state index is 12.1. The number of carbonyl (C=O) groups is 2. The Morgan fingerprint density at radius 2 is 2.12 bits per heavy atom. The van der Waals surface area contributed by atoms with Gasteiger partial charge in [-0.15, -0.1) is 10.2 Å². The van der Waals surface area contributed by atoms with Gasteiger partial charge in [0, 0.05) is 39.2 Å².